The lowest BCUT2D eigenvalue weighted by molar-refractivity contribution is -0.119. The molecule has 1 aliphatic heterocycles. The van der Waals surface area contributed by atoms with Gasteiger partial charge in [-0.3, -0.25) is 4.79 Å². The van der Waals surface area contributed by atoms with Gasteiger partial charge in [-0.2, -0.15) is 0 Å². The highest BCUT2D eigenvalue weighted by Gasteiger charge is 2.29. The molecule has 2 fully saturated rings. The largest absolute Gasteiger partial charge is 0.354 e. The Morgan fingerprint density at radius 3 is 2.80 bits per heavy atom. The maximum atomic E-state index is 11.1. The first-order valence-corrected chi connectivity index (χ1v) is 6.18. The van der Waals surface area contributed by atoms with E-state index < -0.39 is 0 Å². The van der Waals surface area contributed by atoms with Crippen LogP contribution in [0.5, 0.6) is 0 Å². The van der Waals surface area contributed by atoms with E-state index in [1.165, 1.54) is 19.3 Å². The predicted molar refractivity (Wildman–Crippen MR) is 60.5 cm³/mol. The van der Waals surface area contributed by atoms with Crippen LogP contribution in [-0.2, 0) is 4.79 Å². The Morgan fingerprint density at radius 2 is 2.13 bits per heavy atom. The van der Waals surface area contributed by atoms with Crippen molar-refractivity contribution in [2.24, 2.45) is 11.8 Å². The van der Waals surface area contributed by atoms with Crippen molar-refractivity contribution in [2.75, 3.05) is 6.54 Å². The highest BCUT2D eigenvalue weighted by molar-refractivity contribution is 5.78. The maximum absolute atomic E-state index is 11.1. The molecule has 0 aromatic carbocycles. The second kappa shape index (κ2) is 4.52. The number of carbonyl (C=O) groups excluding carboxylic acids is 1. The molecular formula is C12H22N2O. The van der Waals surface area contributed by atoms with E-state index in [4.69, 9.17) is 0 Å². The Labute approximate surface area is 92.0 Å². The minimum absolute atomic E-state index is 0.198. The average Bonchev–Trinajstić information content (AvgIpc) is 2.58. The minimum Gasteiger partial charge on any atom is -0.354 e. The summed E-state index contributed by atoms with van der Waals surface area (Å²) < 4.78 is 0. The minimum atomic E-state index is 0.198. The third-order valence-electron chi connectivity index (χ3n) is 3.89. The van der Waals surface area contributed by atoms with Gasteiger partial charge in [-0.15, -0.1) is 0 Å². The van der Waals surface area contributed by atoms with Crippen LogP contribution in [0.4, 0.5) is 0 Å². The Hall–Kier alpha value is -0.570. The number of hydrogen-bond donors (Lipinski definition) is 2. The Bertz CT molecular complexity index is 242. The average molecular weight is 210 g/mol. The van der Waals surface area contributed by atoms with Crippen LogP contribution < -0.4 is 10.6 Å². The van der Waals surface area contributed by atoms with Gasteiger partial charge in [0.2, 0.25) is 5.91 Å². The van der Waals surface area contributed by atoms with Crippen LogP contribution in [0.2, 0.25) is 0 Å². The highest BCUT2D eigenvalue weighted by Crippen LogP contribution is 2.28. The van der Waals surface area contributed by atoms with E-state index in [0.29, 0.717) is 18.5 Å². The van der Waals surface area contributed by atoms with Crippen molar-refractivity contribution in [1.82, 2.24) is 10.6 Å². The summed E-state index contributed by atoms with van der Waals surface area (Å²) in [5.41, 5.74) is 0. The fourth-order valence-electron chi connectivity index (χ4n) is 2.79. The van der Waals surface area contributed by atoms with Crippen molar-refractivity contribution >= 4 is 5.91 Å². The molecule has 2 N–H and O–H groups in total. The summed E-state index contributed by atoms with van der Waals surface area (Å²) in [6, 6.07) is 0.988. The van der Waals surface area contributed by atoms with Crippen LogP contribution in [0.1, 0.15) is 39.5 Å². The summed E-state index contributed by atoms with van der Waals surface area (Å²) in [6.07, 6.45) is 4.62. The maximum Gasteiger partial charge on any atom is 0.221 e. The van der Waals surface area contributed by atoms with Crippen LogP contribution in [0, 0.1) is 11.8 Å². The third kappa shape index (κ3) is 2.71. The molecule has 1 heterocycles. The van der Waals surface area contributed by atoms with Gasteiger partial charge in [0.1, 0.15) is 0 Å². The number of hydrogen-bond acceptors (Lipinski definition) is 2. The fourth-order valence-corrected chi connectivity index (χ4v) is 2.79. The van der Waals surface area contributed by atoms with Gasteiger partial charge >= 0.3 is 0 Å². The smallest absolute Gasteiger partial charge is 0.221 e. The molecule has 3 heteroatoms. The zero-order chi connectivity index (χ0) is 10.8. The molecule has 4 unspecified atom stereocenters. The zero-order valence-electron chi connectivity index (χ0n) is 9.75. The molecule has 2 rings (SSSR count). The topological polar surface area (TPSA) is 41.1 Å². The van der Waals surface area contributed by atoms with Crippen molar-refractivity contribution in [2.45, 2.75) is 51.6 Å². The number of rotatable bonds is 2. The molecule has 0 aromatic rings. The van der Waals surface area contributed by atoms with Crippen LogP contribution in [0.15, 0.2) is 0 Å². The summed E-state index contributed by atoms with van der Waals surface area (Å²) in [7, 11) is 0. The van der Waals surface area contributed by atoms with Crippen LogP contribution in [-0.4, -0.2) is 24.5 Å². The molecule has 1 saturated heterocycles. The van der Waals surface area contributed by atoms with Gasteiger partial charge in [-0.1, -0.05) is 20.3 Å². The van der Waals surface area contributed by atoms with Crippen LogP contribution in [0.3, 0.4) is 0 Å². The summed E-state index contributed by atoms with van der Waals surface area (Å²) in [5.74, 6) is 1.80. The van der Waals surface area contributed by atoms with Gasteiger partial charge in [-0.25, -0.2) is 0 Å². The quantitative estimate of drug-likeness (QED) is 0.721. The van der Waals surface area contributed by atoms with Gasteiger partial charge in [0, 0.05) is 25.0 Å². The molecule has 2 aliphatic rings. The normalized spacial score (nSPS) is 41.6. The molecule has 0 spiro atoms. The summed E-state index contributed by atoms with van der Waals surface area (Å²) in [5, 5.41) is 6.53. The second-order valence-electron chi connectivity index (χ2n) is 5.37. The molecule has 0 bridgehead atoms. The first-order valence-electron chi connectivity index (χ1n) is 6.18. The SMILES string of the molecule is CC1CCC(C)C(NC2CNC(=O)C2)C1. The molecule has 0 aromatic heterocycles. The Morgan fingerprint density at radius 1 is 1.33 bits per heavy atom. The molecule has 1 aliphatic carbocycles. The number of carbonyl (C=O) groups is 1. The molecule has 1 saturated carbocycles. The van der Waals surface area contributed by atoms with E-state index in [1.54, 1.807) is 0 Å². The molecule has 4 atom stereocenters. The summed E-state index contributed by atoms with van der Waals surface area (Å²) in [6.45, 7) is 5.47. The fraction of sp³-hybridized carbons (Fsp3) is 0.917. The van der Waals surface area contributed by atoms with Gasteiger partial charge in [0.25, 0.3) is 0 Å². The van der Waals surface area contributed by atoms with Crippen LogP contribution >= 0.6 is 0 Å². The predicted octanol–water partition coefficient (Wildman–Crippen LogP) is 1.29. The first-order chi connectivity index (χ1) is 7.15. The van der Waals surface area contributed by atoms with Gasteiger partial charge in [-0.05, 0) is 24.7 Å². The monoisotopic (exact) mass is 210 g/mol. The molecule has 86 valence electrons. The lowest BCUT2D eigenvalue weighted by Crippen LogP contribution is -2.45. The van der Waals surface area contributed by atoms with Gasteiger partial charge in [0.05, 0.1) is 0 Å². The zero-order valence-corrected chi connectivity index (χ0v) is 9.75. The second-order valence-corrected chi connectivity index (χ2v) is 5.37. The standard InChI is InChI=1S/C12H22N2O/c1-8-3-4-9(2)11(5-8)14-10-6-12(15)13-7-10/h8-11,14H,3-7H2,1-2H3,(H,13,15). The van der Waals surface area contributed by atoms with Gasteiger partial charge in [0.15, 0.2) is 0 Å². The number of amides is 1. The summed E-state index contributed by atoms with van der Waals surface area (Å²) in [4.78, 5) is 11.1. The van der Waals surface area contributed by atoms with E-state index in [9.17, 15) is 4.79 Å². The van der Waals surface area contributed by atoms with Gasteiger partial charge < -0.3 is 10.6 Å². The Balaban J connectivity index is 1.84. The van der Waals surface area contributed by atoms with E-state index in [2.05, 4.69) is 24.5 Å². The molecule has 15 heavy (non-hydrogen) atoms. The van der Waals surface area contributed by atoms with E-state index in [0.717, 1.165) is 18.4 Å². The molecule has 0 radical (unpaired) electrons. The molecular weight excluding hydrogens is 188 g/mol. The third-order valence-corrected chi connectivity index (χ3v) is 3.89. The Kier molecular flexibility index (Phi) is 3.29. The van der Waals surface area contributed by atoms with E-state index >= 15 is 0 Å². The number of nitrogens with one attached hydrogen (secondary N) is 2. The molecule has 3 nitrogen and oxygen atoms in total. The van der Waals surface area contributed by atoms with Crippen molar-refractivity contribution in [3.8, 4) is 0 Å². The molecule has 1 amide bonds. The van der Waals surface area contributed by atoms with E-state index in [-0.39, 0.29) is 5.91 Å². The van der Waals surface area contributed by atoms with Crippen LogP contribution in [0.25, 0.3) is 0 Å². The van der Waals surface area contributed by atoms with E-state index in [1.807, 2.05) is 0 Å². The lowest BCUT2D eigenvalue weighted by atomic mass is 9.80. The lowest BCUT2D eigenvalue weighted by Gasteiger charge is -2.35. The van der Waals surface area contributed by atoms with Crippen molar-refractivity contribution in [3.63, 3.8) is 0 Å². The van der Waals surface area contributed by atoms with Crippen molar-refractivity contribution in [1.29, 1.82) is 0 Å². The van der Waals surface area contributed by atoms with Crippen molar-refractivity contribution in [3.05, 3.63) is 0 Å². The van der Waals surface area contributed by atoms with Crippen molar-refractivity contribution < 1.29 is 4.79 Å². The first kappa shape index (κ1) is 10.9. The summed E-state index contributed by atoms with van der Waals surface area (Å²) >= 11 is 0. The highest BCUT2D eigenvalue weighted by atomic mass is 16.1.